The summed E-state index contributed by atoms with van der Waals surface area (Å²) in [4.78, 5) is 28.5. The molecule has 0 bridgehead atoms. The summed E-state index contributed by atoms with van der Waals surface area (Å²) in [7, 11) is 1.68. The van der Waals surface area contributed by atoms with E-state index in [9.17, 15) is 14.7 Å². The average molecular weight is 507 g/mol. The number of fused-ring (bicyclic) bond motifs is 4. The fourth-order valence-electron chi connectivity index (χ4n) is 7.66. The van der Waals surface area contributed by atoms with Gasteiger partial charge in [-0.2, -0.15) is 0 Å². The van der Waals surface area contributed by atoms with E-state index in [4.69, 9.17) is 9.57 Å². The topological polar surface area (TPSA) is 97.2 Å². The quantitative estimate of drug-likeness (QED) is 0.320. The second kappa shape index (κ2) is 10.2. The smallest absolute Gasteiger partial charge is 0.387 e. The summed E-state index contributed by atoms with van der Waals surface area (Å²) in [5, 5.41) is 18.2. The zero-order chi connectivity index (χ0) is 26.2. The average Bonchev–Trinajstić information content (AvgIpc) is 3.14. The molecule has 2 fully saturated rings. The third kappa shape index (κ3) is 4.57. The van der Waals surface area contributed by atoms with Gasteiger partial charge in [0.2, 0.25) is 0 Å². The number of hydrogen-bond donors (Lipinski definition) is 2. The van der Waals surface area contributed by atoms with Gasteiger partial charge < -0.3 is 15.2 Å². The van der Waals surface area contributed by atoms with Crippen molar-refractivity contribution in [2.24, 2.45) is 22.4 Å². The number of nitrogens with zero attached hydrogens (tertiary/aromatic N) is 1. The first-order valence-corrected chi connectivity index (χ1v) is 13.6. The lowest BCUT2D eigenvalue weighted by molar-refractivity contribution is -0.128. The summed E-state index contributed by atoms with van der Waals surface area (Å²) in [6, 6.07) is 8.24. The van der Waals surface area contributed by atoms with Crippen LogP contribution >= 0.6 is 0 Å². The van der Waals surface area contributed by atoms with E-state index in [0.717, 1.165) is 44.1 Å². The highest BCUT2D eigenvalue weighted by Gasteiger charge is 2.62. The number of methoxy groups -OCH3 is 1. The van der Waals surface area contributed by atoms with E-state index in [2.05, 4.69) is 29.5 Å². The van der Waals surface area contributed by atoms with Crippen LogP contribution in [0.15, 0.2) is 52.2 Å². The molecule has 1 aromatic rings. The third-order valence-corrected chi connectivity index (χ3v) is 9.44. The standard InChI is InChI=1S/C30H38N2O5/c1-4-31-28(34)37-32-17-19-5-7-20(8-6-19)25-16-29(2)26(13-14-30(29,35)18-36-3)24-11-9-21-15-22(33)10-12-23(21)27(24)25/h5-8,15,17,24-26,35H,4,9-14,16,18H2,1-3H3,(H,31,34)/t24-,25+,26-,29-,30+/m0/s1. The highest BCUT2D eigenvalue weighted by Crippen LogP contribution is 2.66. The van der Waals surface area contributed by atoms with Crippen molar-refractivity contribution in [1.82, 2.24) is 5.32 Å². The monoisotopic (exact) mass is 506 g/mol. The molecule has 7 heteroatoms. The number of amides is 1. The highest BCUT2D eigenvalue weighted by atomic mass is 16.7. The Kier molecular flexibility index (Phi) is 7.12. The van der Waals surface area contributed by atoms with E-state index in [1.54, 1.807) is 7.11 Å². The van der Waals surface area contributed by atoms with Gasteiger partial charge in [0.15, 0.2) is 5.78 Å². The molecule has 198 valence electrons. The Bertz CT molecular complexity index is 1150. The van der Waals surface area contributed by atoms with Gasteiger partial charge in [0.05, 0.1) is 18.4 Å². The maximum Gasteiger partial charge on any atom is 0.433 e. The van der Waals surface area contributed by atoms with E-state index in [1.165, 1.54) is 28.5 Å². The zero-order valence-electron chi connectivity index (χ0n) is 22.1. The first-order valence-electron chi connectivity index (χ1n) is 13.6. The number of ether oxygens (including phenoxy) is 1. The van der Waals surface area contributed by atoms with Gasteiger partial charge in [-0.3, -0.25) is 9.63 Å². The maximum atomic E-state index is 12.2. The molecule has 1 aromatic carbocycles. The molecule has 37 heavy (non-hydrogen) atoms. The molecule has 0 aliphatic heterocycles. The Labute approximate surface area is 219 Å². The first-order chi connectivity index (χ1) is 17.8. The van der Waals surface area contributed by atoms with E-state index in [0.29, 0.717) is 31.4 Å². The van der Waals surface area contributed by atoms with Crippen molar-refractivity contribution in [3.8, 4) is 0 Å². The van der Waals surface area contributed by atoms with Gasteiger partial charge in [0, 0.05) is 31.4 Å². The summed E-state index contributed by atoms with van der Waals surface area (Å²) in [5.74, 6) is 1.21. The van der Waals surface area contributed by atoms with Crippen LogP contribution in [-0.4, -0.2) is 49.1 Å². The normalized spacial score (nSPS) is 33.0. The van der Waals surface area contributed by atoms with E-state index >= 15 is 0 Å². The molecule has 2 N–H and O–H groups in total. The van der Waals surface area contributed by atoms with Crippen LogP contribution in [0.1, 0.15) is 75.8 Å². The zero-order valence-corrected chi connectivity index (χ0v) is 22.1. The molecule has 1 amide bonds. The molecule has 0 saturated heterocycles. The van der Waals surface area contributed by atoms with E-state index in [1.807, 2.05) is 25.1 Å². The Morgan fingerprint density at radius 1 is 1.22 bits per heavy atom. The number of rotatable bonds is 6. The number of allylic oxidation sites excluding steroid dienone is 4. The second-order valence-electron chi connectivity index (χ2n) is 11.3. The number of oxime groups is 1. The van der Waals surface area contributed by atoms with E-state index < -0.39 is 11.7 Å². The minimum atomic E-state index is -0.845. The summed E-state index contributed by atoms with van der Waals surface area (Å²) < 4.78 is 5.54. The summed E-state index contributed by atoms with van der Waals surface area (Å²) in [5.41, 5.74) is 5.07. The van der Waals surface area contributed by atoms with Crippen molar-refractivity contribution in [3.63, 3.8) is 0 Å². The van der Waals surface area contributed by atoms with Crippen LogP contribution < -0.4 is 5.32 Å². The van der Waals surface area contributed by atoms with Crippen molar-refractivity contribution in [3.05, 3.63) is 58.2 Å². The van der Waals surface area contributed by atoms with E-state index in [-0.39, 0.29) is 17.1 Å². The minimum Gasteiger partial charge on any atom is -0.387 e. The lowest BCUT2D eigenvalue weighted by Gasteiger charge is -2.54. The van der Waals surface area contributed by atoms with Crippen molar-refractivity contribution < 1.29 is 24.3 Å². The van der Waals surface area contributed by atoms with Crippen molar-refractivity contribution in [1.29, 1.82) is 0 Å². The van der Waals surface area contributed by atoms with Crippen LogP contribution in [0.3, 0.4) is 0 Å². The minimum absolute atomic E-state index is 0.164. The summed E-state index contributed by atoms with van der Waals surface area (Å²) >= 11 is 0. The molecule has 7 nitrogen and oxygen atoms in total. The Balaban J connectivity index is 1.51. The lowest BCUT2D eigenvalue weighted by atomic mass is 9.51. The van der Waals surface area contributed by atoms with Crippen LogP contribution in [0.25, 0.3) is 0 Å². The second-order valence-corrected chi connectivity index (χ2v) is 11.3. The molecule has 0 radical (unpaired) electrons. The van der Waals surface area contributed by atoms with Crippen LogP contribution in [-0.2, 0) is 14.4 Å². The van der Waals surface area contributed by atoms with Gasteiger partial charge in [-0.25, -0.2) is 4.79 Å². The number of carbonyl (C=O) groups is 2. The first kappa shape index (κ1) is 25.9. The Morgan fingerprint density at radius 3 is 2.73 bits per heavy atom. The Hall–Kier alpha value is -2.77. The van der Waals surface area contributed by atoms with Crippen molar-refractivity contribution in [2.45, 2.75) is 70.3 Å². The summed E-state index contributed by atoms with van der Waals surface area (Å²) in [6.45, 7) is 4.92. The van der Waals surface area contributed by atoms with Gasteiger partial charge in [-0.1, -0.05) is 41.9 Å². The van der Waals surface area contributed by atoms with Gasteiger partial charge in [-0.05, 0) is 85.6 Å². The number of benzene rings is 1. The molecule has 0 heterocycles. The number of ketones is 1. The van der Waals surface area contributed by atoms with Crippen LogP contribution in [0, 0.1) is 17.3 Å². The van der Waals surface area contributed by atoms with Crippen LogP contribution in [0.2, 0.25) is 0 Å². The summed E-state index contributed by atoms with van der Waals surface area (Å²) in [6.07, 6.45) is 8.83. The molecular formula is C30H38N2O5. The number of aliphatic hydroxyl groups is 1. The molecule has 4 aliphatic carbocycles. The molecule has 0 aromatic heterocycles. The van der Waals surface area contributed by atoms with Gasteiger partial charge in [0.25, 0.3) is 0 Å². The number of nitrogens with one attached hydrogen (secondary N) is 1. The largest absolute Gasteiger partial charge is 0.433 e. The molecule has 0 unspecified atom stereocenters. The van der Waals surface area contributed by atoms with Gasteiger partial charge >= 0.3 is 6.09 Å². The predicted molar refractivity (Wildman–Crippen MR) is 141 cm³/mol. The van der Waals surface area contributed by atoms with Crippen molar-refractivity contribution >= 4 is 18.1 Å². The SMILES string of the molecule is CCNC(=O)ON=Cc1ccc([C@H]2C[C@@]3(C)[C@@H](CC[C@@]3(O)COC)[C@@H]3CCC4=CC(=O)CCC4=C32)cc1. The molecule has 2 saturated carbocycles. The molecule has 5 atom stereocenters. The van der Waals surface area contributed by atoms with Crippen molar-refractivity contribution in [2.75, 3.05) is 20.3 Å². The van der Waals surface area contributed by atoms with Gasteiger partial charge in [-0.15, -0.1) is 0 Å². The van der Waals surface area contributed by atoms with Crippen LogP contribution in [0.5, 0.6) is 0 Å². The van der Waals surface area contributed by atoms with Gasteiger partial charge in [0.1, 0.15) is 0 Å². The fraction of sp³-hybridized carbons (Fsp3) is 0.567. The molecule has 5 rings (SSSR count). The third-order valence-electron chi connectivity index (χ3n) is 9.44. The molecule has 4 aliphatic rings. The number of carbonyl (C=O) groups excluding carboxylic acids is 2. The fourth-order valence-corrected chi connectivity index (χ4v) is 7.66. The predicted octanol–water partition coefficient (Wildman–Crippen LogP) is 5.04. The number of hydrogen-bond acceptors (Lipinski definition) is 6. The highest BCUT2D eigenvalue weighted by molar-refractivity contribution is 5.93. The molecular weight excluding hydrogens is 468 g/mol. The molecule has 0 spiro atoms. The Morgan fingerprint density at radius 2 is 2.00 bits per heavy atom. The lowest BCUT2D eigenvalue weighted by Crippen LogP contribution is -2.53. The van der Waals surface area contributed by atoms with Crippen LogP contribution in [0.4, 0.5) is 4.79 Å². The maximum absolute atomic E-state index is 12.2.